The number of ether oxygens (including phenoxy) is 1. The van der Waals surface area contributed by atoms with Gasteiger partial charge in [-0.25, -0.2) is 0 Å². The Morgan fingerprint density at radius 1 is 1.19 bits per heavy atom. The van der Waals surface area contributed by atoms with E-state index in [9.17, 15) is 14.7 Å². The van der Waals surface area contributed by atoms with Crippen molar-refractivity contribution in [1.29, 1.82) is 0 Å². The minimum absolute atomic E-state index is 0.0366. The highest BCUT2D eigenvalue weighted by molar-refractivity contribution is 7.17. The van der Waals surface area contributed by atoms with Crippen molar-refractivity contribution in [3.05, 3.63) is 46.3 Å². The summed E-state index contributed by atoms with van der Waals surface area (Å²) in [6.45, 7) is 1.29. The van der Waals surface area contributed by atoms with Crippen molar-refractivity contribution in [2.24, 2.45) is 11.8 Å². The molecule has 1 amide bonds. The molecule has 5 nitrogen and oxygen atoms in total. The number of nitrogens with one attached hydrogen (secondary N) is 1. The molecule has 1 unspecified atom stereocenters. The maximum absolute atomic E-state index is 12.4. The summed E-state index contributed by atoms with van der Waals surface area (Å²) >= 11 is 7.27. The van der Waals surface area contributed by atoms with E-state index in [1.54, 1.807) is 6.07 Å². The first-order valence-corrected chi connectivity index (χ1v) is 9.68. The lowest BCUT2D eigenvalue weighted by atomic mass is 9.86. The summed E-state index contributed by atoms with van der Waals surface area (Å²) in [6.07, 6.45) is 1.43. The van der Waals surface area contributed by atoms with E-state index < -0.39 is 11.9 Å². The number of carbonyl (C=O) groups is 2. The smallest absolute Gasteiger partial charge is 0.308 e. The molecule has 0 radical (unpaired) electrons. The first kappa shape index (κ1) is 18.9. The Morgan fingerprint density at radius 2 is 1.88 bits per heavy atom. The Kier molecular flexibility index (Phi) is 6.29. The van der Waals surface area contributed by atoms with Crippen LogP contribution in [0.5, 0.6) is 0 Å². The van der Waals surface area contributed by atoms with Crippen molar-refractivity contribution in [3.63, 3.8) is 0 Å². The third-order valence-corrected chi connectivity index (χ3v) is 5.98. The molecule has 0 saturated carbocycles. The van der Waals surface area contributed by atoms with Crippen LogP contribution in [-0.2, 0) is 9.53 Å². The molecular formula is C19H20ClNO4S. The van der Waals surface area contributed by atoms with Crippen LogP contribution in [0.4, 0.5) is 0 Å². The van der Waals surface area contributed by atoms with Crippen molar-refractivity contribution in [2.45, 2.75) is 12.8 Å². The molecule has 3 rings (SSSR count). The summed E-state index contributed by atoms with van der Waals surface area (Å²) in [5, 5.41) is 12.9. The van der Waals surface area contributed by atoms with E-state index in [4.69, 9.17) is 16.3 Å². The minimum Gasteiger partial charge on any atom is -0.481 e. The van der Waals surface area contributed by atoms with Crippen LogP contribution < -0.4 is 5.32 Å². The van der Waals surface area contributed by atoms with E-state index >= 15 is 0 Å². The normalized spacial score (nSPS) is 16.2. The fourth-order valence-corrected chi connectivity index (χ4v) is 4.15. The van der Waals surface area contributed by atoms with E-state index in [0.29, 0.717) is 36.0 Å². The fourth-order valence-electron chi connectivity index (χ4n) is 3.09. The van der Waals surface area contributed by atoms with Crippen LogP contribution in [0.2, 0.25) is 5.02 Å². The van der Waals surface area contributed by atoms with Crippen LogP contribution in [-0.4, -0.2) is 36.7 Å². The quantitative estimate of drug-likeness (QED) is 0.779. The number of hydrogen-bond donors (Lipinski definition) is 2. The summed E-state index contributed by atoms with van der Waals surface area (Å²) in [6, 6.07) is 11.1. The Morgan fingerprint density at radius 3 is 2.54 bits per heavy atom. The van der Waals surface area contributed by atoms with Crippen molar-refractivity contribution in [3.8, 4) is 10.4 Å². The van der Waals surface area contributed by atoms with Gasteiger partial charge in [0.1, 0.15) is 0 Å². The Hall–Kier alpha value is -1.89. The lowest BCUT2D eigenvalue weighted by Gasteiger charge is -2.27. The molecular weight excluding hydrogens is 374 g/mol. The first-order chi connectivity index (χ1) is 12.5. The molecule has 1 aliphatic rings. The molecule has 1 fully saturated rings. The fraction of sp³-hybridized carbons (Fsp3) is 0.368. The number of thiophene rings is 1. The first-order valence-electron chi connectivity index (χ1n) is 8.49. The predicted octanol–water partition coefficient (Wildman–Crippen LogP) is 3.93. The van der Waals surface area contributed by atoms with Crippen LogP contribution in [0.15, 0.2) is 36.4 Å². The van der Waals surface area contributed by atoms with Crippen molar-refractivity contribution in [2.75, 3.05) is 19.8 Å². The number of carboxylic acids is 1. The highest BCUT2D eigenvalue weighted by atomic mass is 35.5. The monoisotopic (exact) mass is 393 g/mol. The van der Waals surface area contributed by atoms with Crippen LogP contribution in [0, 0.1) is 11.8 Å². The number of benzene rings is 1. The van der Waals surface area contributed by atoms with Crippen LogP contribution >= 0.6 is 22.9 Å². The van der Waals surface area contributed by atoms with Gasteiger partial charge in [0, 0.05) is 29.7 Å². The maximum atomic E-state index is 12.4. The van der Waals surface area contributed by atoms with Gasteiger partial charge in [0.25, 0.3) is 5.91 Å². The summed E-state index contributed by atoms with van der Waals surface area (Å²) < 4.78 is 5.29. The molecule has 7 heteroatoms. The highest BCUT2D eigenvalue weighted by Crippen LogP contribution is 2.29. The molecule has 2 heterocycles. The maximum Gasteiger partial charge on any atom is 0.308 e. The molecule has 1 aliphatic heterocycles. The molecule has 0 spiro atoms. The summed E-state index contributed by atoms with van der Waals surface area (Å²) in [4.78, 5) is 25.5. The van der Waals surface area contributed by atoms with Crippen molar-refractivity contribution >= 4 is 34.8 Å². The molecule has 1 aromatic heterocycles. The van der Waals surface area contributed by atoms with Crippen LogP contribution in [0.3, 0.4) is 0 Å². The van der Waals surface area contributed by atoms with Gasteiger partial charge in [0.05, 0.1) is 10.8 Å². The third-order valence-electron chi connectivity index (χ3n) is 4.59. The Labute approximate surface area is 160 Å². The SMILES string of the molecule is O=C(NCC(C(=O)O)C1CCOCC1)c1ccc(-c2ccc(Cl)cc2)s1. The predicted molar refractivity (Wildman–Crippen MR) is 102 cm³/mol. The van der Waals surface area contributed by atoms with E-state index in [1.807, 2.05) is 30.3 Å². The van der Waals surface area contributed by atoms with Gasteiger partial charge < -0.3 is 15.2 Å². The molecule has 1 aromatic carbocycles. The molecule has 2 aromatic rings. The Bertz CT molecular complexity index is 768. The van der Waals surface area contributed by atoms with Gasteiger partial charge in [-0.2, -0.15) is 0 Å². The standard InChI is InChI=1S/C19H20ClNO4S/c20-14-3-1-13(2-4-14)16-5-6-17(26-16)18(22)21-11-15(19(23)24)12-7-9-25-10-8-12/h1-6,12,15H,7-11H2,(H,21,22)(H,23,24). The van der Waals surface area contributed by atoms with Gasteiger partial charge in [-0.1, -0.05) is 23.7 Å². The van der Waals surface area contributed by atoms with Gasteiger partial charge in [0.15, 0.2) is 0 Å². The van der Waals surface area contributed by atoms with E-state index in [1.165, 1.54) is 11.3 Å². The molecule has 2 N–H and O–H groups in total. The molecule has 0 bridgehead atoms. The zero-order valence-corrected chi connectivity index (χ0v) is 15.7. The number of hydrogen-bond acceptors (Lipinski definition) is 4. The van der Waals surface area contributed by atoms with E-state index in [2.05, 4.69) is 5.32 Å². The number of amides is 1. The zero-order valence-electron chi connectivity index (χ0n) is 14.1. The second-order valence-electron chi connectivity index (χ2n) is 6.28. The number of aliphatic carboxylic acids is 1. The van der Waals surface area contributed by atoms with Crippen molar-refractivity contribution in [1.82, 2.24) is 5.32 Å². The molecule has 1 saturated heterocycles. The highest BCUT2D eigenvalue weighted by Gasteiger charge is 2.30. The average molecular weight is 394 g/mol. The number of halogens is 1. The van der Waals surface area contributed by atoms with E-state index in [0.717, 1.165) is 10.4 Å². The second-order valence-corrected chi connectivity index (χ2v) is 7.80. The summed E-state index contributed by atoms with van der Waals surface area (Å²) in [5.41, 5.74) is 0.990. The van der Waals surface area contributed by atoms with Gasteiger partial charge in [-0.3, -0.25) is 9.59 Å². The zero-order chi connectivity index (χ0) is 18.5. The van der Waals surface area contributed by atoms with Crippen molar-refractivity contribution < 1.29 is 19.4 Å². The molecule has 138 valence electrons. The number of rotatable bonds is 6. The summed E-state index contributed by atoms with van der Waals surface area (Å²) in [5.74, 6) is -1.66. The molecule has 0 aliphatic carbocycles. The summed E-state index contributed by atoms with van der Waals surface area (Å²) in [7, 11) is 0. The molecule has 1 atom stereocenters. The molecule has 26 heavy (non-hydrogen) atoms. The van der Waals surface area contributed by atoms with Crippen LogP contribution in [0.1, 0.15) is 22.5 Å². The topological polar surface area (TPSA) is 75.6 Å². The van der Waals surface area contributed by atoms with E-state index in [-0.39, 0.29) is 18.4 Å². The lowest BCUT2D eigenvalue weighted by molar-refractivity contribution is -0.144. The minimum atomic E-state index is -0.870. The number of carboxylic acid groups (broad SMARTS) is 1. The lowest BCUT2D eigenvalue weighted by Crippen LogP contribution is -2.38. The van der Waals surface area contributed by atoms with Crippen LogP contribution in [0.25, 0.3) is 10.4 Å². The number of carbonyl (C=O) groups excluding carboxylic acids is 1. The van der Waals surface area contributed by atoms with Gasteiger partial charge in [-0.15, -0.1) is 11.3 Å². The van der Waals surface area contributed by atoms with Gasteiger partial charge in [-0.05, 0) is 48.6 Å². The third kappa shape index (κ3) is 4.63. The Balaban J connectivity index is 1.62. The van der Waals surface area contributed by atoms with Gasteiger partial charge >= 0.3 is 5.97 Å². The van der Waals surface area contributed by atoms with Gasteiger partial charge in [0.2, 0.25) is 0 Å². The second kappa shape index (κ2) is 8.66. The average Bonchev–Trinajstić information content (AvgIpc) is 3.13. The largest absolute Gasteiger partial charge is 0.481 e.